The first-order valence-electron chi connectivity index (χ1n) is 6.86. The van der Waals surface area contributed by atoms with Crippen molar-refractivity contribution in [2.24, 2.45) is 5.41 Å². The van der Waals surface area contributed by atoms with Crippen molar-refractivity contribution in [2.75, 3.05) is 0 Å². The van der Waals surface area contributed by atoms with Gasteiger partial charge < -0.3 is 9.55 Å². The molecule has 1 aliphatic rings. The number of benzene rings is 1. The second kappa shape index (κ2) is 4.74. The lowest BCUT2D eigenvalue weighted by molar-refractivity contribution is 0.185. The summed E-state index contributed by atoms with van der Waals surface area (Å²) in [5.74, 6) is 0. The van der Waals surface area contributed by atoms with E-state index in [-0.39, 0.29) is 0 Å². The van der Waals surface area contributed by atoms with Crippen molar-refractivity contribution in [2.45, 2.75) is 45.6 Å². The van der Waals surface area contributed by atoms with Gasteiger partial charge in [-0.1, -0.05) is 36.2 Å². The van der Waals surface area contributed by atoms with Gasteiger partial charge in [0.05, 0.1) is 11.0 Å². The van der Waals surface area contributed by atoms with Gasteiger partial charge in [-0.15, -0.1) is 0 Å². The molecule has 4 heteroatoms. The number of nitrogens with one attached hydrogen (secondary N) is 1. The molecule has 0 bridgehead atoms. The molecule has 1 heterocycles. The smallest absolute Gasteiger partial charge is 0.178 e. The third-order valence-corrected chi connectivity index (χ3v) is 5.01. The zero-order valence-corrected chi connectivity index (χ0v) is 13.8. The molecule has 1 saturated carbocycles. The maximum atomic E-state index is 5.54. The lowest BCUT2D eigenvalue weighted by Gasteiger charge is -2.36. The molecule has 0 amide bonds. The highest BCUT2D eigenvalue weighted by Crippen LogP contribution is 2.42. The van der Waals surface area contributed by atoms with Crippen molar-refractivity contribution in [1.29, 1.82) is 0 Å². The summed E-state index contributed by atoms with van der Waals surface area (Å²) in [4.78, 5) is 3.34. The molecule has 0 saturated heterocycles. The molecule has 1 atom stereocenters. The van der Waals surface area contributed by atoms with Gasteiger partial charge >= 0.3 is 0 Å². The van der Waals surface area contributed by atoms with E-state index in [1.807, 2.05) is 0 Å². The molecule has 1 aromatic carbocycles. The first-order valence-corrected chi connectivity index (χ1v) is 8.06. The molecule has 1 aromatic heterocycles. The molecular weight excluding hydrogens is 320 g/mol. The molecule has 19 heavy (non-hydrogen) atoms. The summed E-state index contributed by atoms with van der Waals surface area (Å²) in [6.07, 6.45) is 5.07. The van der Waals surface area contributed by atoms with Crippen molar-refractivity contribution in [3.63, 3.8) is 0 Å². The van der Waals surface area contributed by atoms with Crippen LogP contribution in [-0.4, -0.2) is 9.55 Å². The number of hydrogen-bond acceptors (Lipinski definition) is 1. The first kappa shape index (κ1) is 13.4. The number of imidazole rings is 1. The van der Waals surface area contributed by atoms with Crippen LogP contribution >= 0.6 is 28.1 Å². The normalized spacial score (nSPS) is 22.8. The molecule has 1 unspecified atom stereocenters. The number of H-pyrrole nitrogens is 1. The molecule has 1 N–H and O–H groups in total. The monoisotopic (exact) mass is 338 g/mol. The van der Waals surface area contributed by atoms with Crippen LogP contribution in [0.4, 0.5) is 0 Å². The van der Waals surface area contributed by atoms with Crippen LogP contribution in [0, 0.1) is 10.2 Å². The molecule has 0 aliphatic heterocycles. The van der Waals surface area contributed by atoms with Gasteiger partial charge in [-0.25, -0.2) is 0 Å². The Balaban J connectivity index is 2.09. The van der Waals surface area contributed by atoms with Crippen LogP contribution in [0.5, 0.6) is 0 Å². The molecule has 0 radical (unpaired) electrons. The summed E-state index contributed by atoms with van der Waals surface area (Å²) in [6.45, 7) is 4.74. The fraction of sp³-hybridized carbons (Fsp3) is 0.533. The number of halogens is 1. The predicted molar refractivity (Wildman–Crippen MR) is 86.1 cm³/mol. The quantitative estimate of drug-likeness (QED) is 0.671. The summed E-state index contributed by atoms with van der Waals surface area (Å²) in [5, 5.41) is 0. The fourth-order valence-electron chi connectivity index (χ4n) is 3.34. The second-order valence-electron chi connectivity index (χ2n) is 6.38. The molecule has 3 rings (SSSR count). The SMILES string of the molecule is CC1(C)CCCC(n2c(=S)[nH]c3cc(Br)ccc32)C1. The molecule has 102 valence electrons. The minimum absolute atomic E-state index is 0.427. The Kier molecular flexibility index (Phi) is 3.34. The lowest BCUT2D eigenvalue weighted by atomic mass is 9.75. The van der Waals surface area contributed by atoms with E-state index in [9.17, 15) is 0 Å². The van der Waals surface area contributed by atoms with Gasteiger partial charge in [0.1, 0.15) is 0 Å². The fourth-order valence-corrected chi connectivity index (χ4v) is 4.06. The van der Waals surface area contributed by atoms with Crippen LogP contribution in [0.3, 0.4) is 0 Å². The van der Waals surface area contributed by atoms with Gasteiger partial charge in [-0.05, 0) is 55.1 Å². The van der Waals surface area contributed by atoms with E-state index in [0.29, 0.717) is 11.5 Å². The lowest BCUT2D eigenvalue weighted by Crippen LogP contribution is -2.25. The van der Waals surface area contributed by atoms with Gasteiger partial charge in [0.2, 0.25) is 0 Å². The number of fused-ring (bicyclic) bond motifs is 1. The van der Waals surface area contributed by atoms with Crippen molar-refractivity contribution >= 4 is 39.2 Å². The number of aromatic amines is 1. The Labute approximate surface area is 127 Å². The standard InChI is InChI=1S/C15H19BrN2S/c1-15(2)7-3-4-11(9-15)18-13-6-5-10(16)8-12(13)17-14(18)19/h5-6,8,11H,3-4,7,9H2,1-2H3,(H,17,19). The summed E-state index contributed by atoms with van der Waals surface area (Å²) in [7, 11) is 0. The topological polar surface area (TPSA) is 20.7 Å². The zero-order valence-electron chi connectivity index (χ0n) is 11.4. The van der Waals surface area contributed by atoms with Crippen molar-refractivity contribution in [1.82, 2.24) is 9.55 Å². The molecule has 2 aromatic rings. The van der Waals surface area contributed by atoms with Crippen LogP contribution in [0.15, 0.2) is 22.7 Å². The maximum Gasteiger partial charge on any atom is 0.178 e. The molecule has 2 nitrogen and oxygen atoms in total. The summed E-state index contributed by atoms with van der Waals surface area (Å²) < 4.78 is 4.28. The van der Waals surface area contributed by atoms with E-state index in [4.69, 9.17) is 12.2 Å². The Hall–Kier alpha value is -0.610. The van der Waals surface area contributed by atoms with Gasteiger partial charge in [0.15, 0.2) is 4.77 Å². The van der Waals surface area contributed by atoms with Crippen LogP contribution in [-0.2, 0) is 0 Å². The Morgan fingerprint density at radius 1 is 1.42 bits per heavy atom. The number of nitrogens with zero attached hydrogens (tertiary/aromatic N) is 1. The van der Waals surface area contributed by atoms with E-state index in [1.54, 1.807) is 0 Å². The van der Waals surface area contributed by atoms with E-state index >= 15 is 0 Å². The number of hydrogen-bond donors (Lipinski definition) is 1. The van der Waals surface area contributed by atoms with Crippen LogP contribution in [0.25, 0.3) is 11.0 Å². The van der Waals surface area contributed by atoms with Crippen LogP contribution in [0.1, 0.15) is 45.6 Å². The third-order valence-electron chi connectivity index (χ3n) is 4.22. The predicted octanol–water partition coefficient (Wildman–Crippen LogP) is 5.60. The molecule has 1 fully saturated rings. The zero-order chi connectivity index (χ0) is 13.6. The van der Waals surface area contributed by atoms with Crippen molar-refractivity contribution in [3.05, 3.63) is 27.4 Å². The molecular formula is C15H19BrN2S. The summed E-state index contributed by atoms with van der Waals surface area (Å²) in [5.41, 5.74) is 2.79. The van der Waals surface area contributed by atoms with E-state index in [2.05, 4.69) is 57.5 Å². The average molecular weight is 339 g/mol. The number of aromatic nitrogens is 2. The van der Waals surface area contributed by atoms with E-state index in [1.165, 1.54) is 31.2 Å². The van der Waals surface area contributed by atoms with Gasteiger partial charge in [0, 0.05) is 10.5 Å². The third kappa shape index (κ3) is 2.52. The minimum atomic E-state index is 0.427. The van der Waals surface area contributed by atoms with E-state index in [0.717, 1.165) is 14.8 Å². The van der Waals surface area contributed by atoms with Crippen LogP contribution < -0.4 is 0 Å². The maximum absolute atomic E-state index is 5.54. The average Bonchev–Trinajstić information content (AvgIpc) is 2.62. The highest BCUT2D eigenvalue weighted by atomic mass is 79.9. The Morgan fingerprint density at radius 3 is 2.95 bits per heavy atom. The largest absolute Gasteiger partial charge is 0.331 e. The Bertz CT molecular complexity index is 668. The summed E-state index contributed by atoms with van der Waals surface area (Å²) >= 11 is 9.06. The highest BCUT2D eigenvalue weighted by Gasteiger charge is 2.29. The second-order valence-corrected chi connectivity index (χ2v) is 7.68. The first-order chi connectivity index (χ1) is 8.96. The molecule has 0 spiro atoms. The summed E-state index contributed by atoms with van der Waals surface area (Å²) in [6, 6.07) is 6.89. The van der Waals surface area contributed by atoms with Crippen molar-refractivity contribution in [3.8, 4) is 0 Å². The van der Waals surface area contributed by atoms with Gasteiger partial charge in [0.25, 0.3) is 0 Å². The Morgan fingerprint density at radius 2 is 2.21 bits per heavy atom. The van der Waals surface area contributed by atoms with Gasteiger partial charge in [-0.2, -0.15) is 0 Å². The minimum Gasteiger partial charge on any atom is -0.331 e. The van der Waals surface area contributed by atoms with Crippen LogP contribution in [0.2, 0.25) is 0 Å². The highest BCUT2D eigenvalue weighted by molar-refractivity contribution is 9.10. The van der Waals surface area contributed by atoms with Crippen molar-refractivity contribution < 1.29 is 0 Å². The number of rotatable bonds is 1. The molecule has 1 aliphatic carbocycles. The van der Waals surface area contributed by atoms with Gasteiger partial charge in [-0.3, -0.25) is 0 Å². The van der Waals surface area contributed by atoms with E-state index < -0.39 is 0 Å².